The largest absolute Gasteiger partial charge is 0.383 e. The first kappa shape index (κ1) is 16.8. The molecule has 2 bridgehead atoms. The molecule has 1 saturated heterocycles. The molecule has 0 amide bonds. The quantitative estimate of drug-likeness (QED) is 0.741. The lowest BCUT2D eigenvalue weighted by atomic mass is 9.95. The monoisotopic (exact) mass is 373 g/mol. The second-order valence-electron chi connectivity index (χ2n) is 9.15. The molecule has 4 nitrogen and oxygen atoms in total. The zero-order valence-corrected chi connectivity index (χ0v) is 16.7. The molecule has 2 aliphatic heterocycles. The van der Waals surface area contributed by atoms with Crippen LogP contribution in [0.2, 0.25) is 0 Å². The van der Waals surface area contributed by atoms with E-state index in [2.05, 4.69) is 46.6 Å². The fourth-order valence-electron chi connectivity index (χ4n) is 6.13. The predicted octanol–water partition coefficient (Wildman–Crippen LogP) is 3.87. The standard InChI is InChI=1S/C24H27N3O/c1-15-3-5-20-18(11-15)23-21-6-4-17(26(21)2)12-22(23)27(20)14-24(28)9-7-16-13-25-10-8-19(16)24/h3,5,8,10-11,13,17,21,28H,4,6-7,9,12,14H2,1-2H3. The van der Waals surface area contributed by atoms with E-state index < -0.39 is 5.60 Å². The Morgan fingerprint density at radius 3 is 3.04 bits per heavy atom. The molecule has 0 radical (unpaired) electrons. The fraction of sp³-hybridized carbons (Fsp3) is 0.458. The van der Waals surface area contributed by atoms with Gasteiger partial charge in [0.15, 0.2) is 0 Å². The molecule has 1 aliphatic carbocycles. The minimum atomic E-state index is -0.800. The number of hydrogen-bond acceptors (Lipinski definition) is 3. The number of aliphatic hydroxyl groups is 1. The van der Waals surface area contributed by atoms with Crippen molar-refractivity contribution < 1.29 is 5.11 Å². The van der Waals surface area contributed by atoms with Crippen molar-refractivity contribution in [2.75, 3.05) is 7.05 Å². The van der Waals surface area contributed by atoms with Gasteiger partial charge in [0.1, 0.15) is 5.60 Å². The Kier molecular flexibility index (Phi) is 3.40. The second kappa shape index (κ2) is 5.68. The van der Waals surface area contributed by atoms with Gasteiger partial charge in [-0.1, -0.05) is 11.6 Å². The van der Waals surface area contributed by atoms with Crippen molar-refractivity contribution in [3.8, 4) is 0 Å². The maximum atomic E-state index is 11.7. The summed E-state index contributed by atoms with van der Waals surface area (Å²) in [5, 5.41) is 13.1. The lowest BCUT2D eigenvalue weighted by Crippen LogP contribution is -2.36. The van der Waals surface area contributed by atoms with Gasteiger partial charge in [-0.25, -0.2) is 0 Å². The van der Waals surface area contributed by atoms with Gasteiger partial charge in [0.25, 0.3) is 0 Å². The minimum Gasteiger partial charge on any atom is -0.383 e. The Labute approximate surface area is 165 Å². The molecular formula is C24H27N3O. The van der Waals surface area contributed by atoms with E-state index in [4.69, 9.17) is 0 Å². The Balaban J connectivity index is 1.54. The smallest absolute Gasteiger partial charge is 0.108 e. The van der Waals surface area contributed by atoms with Gasteiger partial charge in [-0.15, -0.1) is 0 Å². The van der Waals surface area contributed by atoms with E-state index >= 15 is 0 Å². The van der Waals surface area contributed by atoms with Crippen molar-refractivity contribution in [1.29, 1.82) is 0 Å². The number of hydrogen-bond donors (Lipinski definition) is 1. The van der Waals surface area contributed by atoms with Crippen LogP contribution >= 0.6 is 0 Å². The van der Waals surface area contributed by atoms with Crippen LogP contribution in [0.4, 0.5) is 0 Å². The van der Waals surface area contributed by atoms with E-state index in [1.165, 1.54) is 46.1 Å². The summed E-state index contributed by atoms with van der Waals surface area (Å²) in [7, 11) is 2.29. The lowest BCUT2D eigenvalue weighted by molar-refractivity contribution is 0.0203. The molecule has 4 heteroatoms. The van der Waals surface area contributed by atoms with E-state index in [-0.39, 0.29) is 0 Å². The summed E-state index contributed by atoms with van der Waals surface area (Å²) in [4.78, 5) is 6.84. The third-order valence-corrected chi connectivity index (χ3v) is 7.61. The highest BCUT2D eigenvalue weighted by Gasteiger charge is 2.43. The molecule has 144 valence electrons. The second-order valence-corrected chi connectivity index (χ2v) is 9.15. The Hall–Kier alpha value is -2.17. The molecule has 2 aromatic heterocycles. The molecular weight excluding hydrogens is 346 g/mol. The highest BCUT2D eigenvalue weighted by molar-refractivity contribution is 5.87. The highest BCUT2D eigenvalue weighted by Crippen LogP contribution is 2.48. The molecule has 1 fully saturated rings. The van der Waals surface area contributed by atoms with Crippen LogP contribution in [0.15, 0.2) is 36.7 Å². The van der Waals surface area contributed by atoms with Crippen LogP contribution in [-0.2, 0) is 25.0 Å². The van der Waals surface area contributed by atoms with Crippen LogP contribution in [0, 0.1) is 6.92 Å². The van der Waals surface area contributed by atoms with Crippen molar-refractivity contribution in [1.82, 2.24) is 14.5 Å². The predicted molar refractivity (Wildman–Crippen MR) is 110 cm³/mol. The topological polar surface area (TPSA) is 41.3 Å². The number of rotatable bonds is 2. The summed E-state index contributed by atoms with van der Waals surface area (Å²) < 4.78 is 2.46. The number of aryl methyl sites for hydroxylation is 2. The van der Waals surface area contributed by atoms with E-state index in [9.17, 15) is 5.11 Å². The SMILES string of the molecule is Cc1ccc2c(c1)c1c(n2CC2(O)CCc3cnccc32)CC2CCC1N2C. The van der Waals surface area contributed by atoms with Crippen molar-refractivity contribution in [2.24, 2.45) is 0 Å². The first-order valence-corrected chi connectivity index (χ1v) is 10.5. The molecule has 0 spiro atoms. The van der Waals surface area contributed by atoms with Gasteiger partial charge in [-0.05, 0) is 74.5 Å². The van der Waals surface area contributed by atoms with E-state index in [0.29, 0.717) is 18.6 Å². The molecule has 4 heterocycles. The Morgan fingerprint density at radius 2 is 2.14 bits per heavy atom. The molecule has 1 aromatic carbocycles. The Morgan fingerprint density at radius 1 is 1.25 bits per heavy atom. The average molecular weight is 374 g/mol. The maximum absolute atomic E-state index is 11.7. The molecule has 3 aromatic rings. The first-order valence-electron chi connectivity index (χ1n) is 10.5. The molecule has 3 aliphatic rings. The van der Waals surface area contributed by atoms with Crippen LogP contribution in [-0.4, -0.2) is 32.6 Å². The molecule has 6 rings (SSSR count). The van der Waals surface area contributed by atoms with Crippen molar-refractivity contribution in [3.63, 3.8) is 0 Å². The summed E-state index contributed by atoms with van der Waals surface area (Å²) in [5.41, 5.74) is 7.05. The molecule has 3 atom stereocenters. The summed E-state index contributed by atoms with van der Waals surface area (Å²) in [6.07, 6.45) is 9.05. The van der Waals surface area contributed by atoms with Gasteiger partial charge in [0, 0.05) is 47.5 Å². The summed E-state index contributed by atoms with van der Waals surface area (Å²) in [6.45, 7) is 2.82. The van der Waals surface area contributed by atoms with Crippen LogP contribution in [0.1, 0.15) is 53.3 Å². The van der Waals surface area contributed by atoms with Gasteiger partial charge in [0.05, 0.1) is 6.54 Å². The maximum Gasteiger partial charge on any atom is 0.108 e. The lowest BCUT2D eigenvalue weighted by Gasteiger charge is -2.33. The summed E-state index contributed by atoms with van der Waals surface area (Å²) >= 11 is 0. The third kappa shape index (κ3) is 2.16. The van der Waals surface area contributed by atoms with Crippen molar-refractivity contribution >= 4 is 10.9 Å². The minimum absolute atomic E-state index is 0.522. The van der Waals surface area contributed by atoms with Gasteiger partial charge in [-0.3, -0.25) is 9.88 Å². The van der Waals surface area contributed by atoms with Gasteiger partial charge in [0.2, 0.25) is 0 Å². The zero-order chi connectivity index (χ0) is 19.0. The van der Waals surface area contributed by atoms with E-state index in [1.54, 1.807) is 0 Å². The third-order valence-electron chi connectivity index (χ3n) is 7.61. The van der Waals surface area contributed by atoms with Crippen LogP contribution in [0.25, 0.3) is 10.9 Å². The van der Waals surface area contributed by atoms with E-state index in [1.807, 2.05) is 18.5 Å². The zero-order valence-electron chi connectivity index (χ0n) is 16.7. The fourth-order valence-corrected chi connectivity index (χ4v) is 6.13. The first-order chi connectivity index (χ1) is 13.5. The highest BCUT2D eigenvalue weighted by atomic mass is 16.3. The number of benzene rings is 1. The average Bonchev–Trinajstić information content (AvgIpc) is 3.25. The van der Waals surface area contributed by atoms with Gasteiger partial charge in [-0.2, -0.15) is 0 Å². The summed E-state index contributed by atoms with van der Waals surface area (Å²) in [5.74, 6) is 0. The Bertz CT molecular complexity index is 1100. The van der Waals surface area contributed by atoms with Crippen molar-refractivity contribution in [3.05, 3.63) is 64.6 Å². The molecule has 28 heavy (non-hydrogen) atoms. The van der Waals surface area contributed by atoms with Crippen LogP contribution < -0.4 is 0 Å². The number of aromatic nitrogens is 2. The number of fused-ring (bicyclic) bond motifs is 7. The molecule has 1 N–H and O–H groups in total. The molecule has 3 unspecified atom stereocenters. The number of likely N-dealkylation sites (N-methyl/N-ethyl adjacent to an activating group) is 1. The molecule has 0 saturated carbocycles. The number of pyridine rings is 1. The number of nitrogens with zero attached hydrogens (tertiary/aromatic N) is 3. The van der Waals surface area contributed by atoms with Gasteiger partial charge < -0.3 is 9.67 Å². The summed E-state index contributed by atoms with van der Waals surface area (Å²) in [6, 6.07) is 10.0. The van der Waals surface area contributed by atoms with E-state index in [0.717, 1.165) is 24.8 Å². The normalized spacial score (nSPS) is 28.7. The van der Waals surface area contributed by atoms with Crippen molar-refractivity contribution in [2.45, 2.75) is 63.3 Å². The van der Waals surface area contributed by atoms with Crippen LogP contribution in [0.3, 0.4) is 0 Å². The van der Waals surface area contributed by atoms with Gasteiger partial charge >= 0.3 is 0 Å². The van der Waals surface area contributed by atoms with Crippen LogP contribution in [0.5, 0.6) is 0 Å².